The highest BCUT2D eigenvalue weighted by Gasteiger charge is 2.12. The summed E-state index contributed by atoms with van der Waals surface area (Å²) in [6.07, 6.45) is 1.66. The van der Waals surface area contributed by atoms with E-state index in [1.807, 2.05) is 34.7 Å². The topological polar surface area (TPSA) is 66.0 Å². The van der Waals surface area contributed by atoms with Crippen LogP contribution in [0.3, 0.4) is 0 Å². The number of hydrogen-bond donors (Lipinski definition) is 1. The highest BCUT2D eigenvalue weighted by molar-refractivity contribution is 14.1. The first-order valence-corrected chi connectivity index (χ1v) is 7.26. The number of imidazole rings is 1. The summed E-state index contributed by atoms with van der Waals surface area (Å²) in [7, 11) is 1.56. The van der Waals surface area contributed by atoms with Crippen LogP contribution in [0, 0.1) is 9.39 Å². The molecule has 7 heteroatoms. The monoisotopic (exact) mass is 398 g/mol. The number of fused-ring (bicyclic) bond motifs is 1. The molecule has 3 aromatic rings. The Kier molecular flexibility index (Phi) is 3.66. The molecule has 0 saturated carbocycles. The summed E-state index contributed by atoms with van der Waals surface area (Å²) in [6.45, 7) is 0.473. The third-order valence-electron chi connectivity index (χ3n) is 3.17. The van der Waals surface area contributed by atoms with Crippen LogP contribution in [-0.4, -0.2) is 21.6 Å². The Morgan fingerprint density at radius 2 is 2.19 bits per heavy atom. The van der Waals surface area contributed by atoms with Crippen molar-refractivity contribution in [3.8, 4) is 5.88 Å². The maximum atomic E-state index is 13.8. The van der Waals surface area contributed by atoms with E-state index in [0.717, 1.165) is 5.56 Å². The molecule has 0 atom stereocenters. The van der Waals surface area contributed by atoms with Crippen molar-refractivity contribution < 1.29 is 9.13 Å². The number of methoxy groups -OCH3 is 1. The third-order valence-corrected chi connectivity index (χ3v) is 4.00. The van der Waals surface area contributed by atoms with Gasteiger partial charge in [0.25, 0.3) is 0 Å². The summed E-state index contributed by atoms with van der Waals surface area (Å²) in [5.41, 5.74) is 8.25. The standard InChI is InChI=1S/C14H12FIN4O/c1-21-13-4-8(2-3-18-13)7-20-12-5-9(15)10(16)6-11(12)19-14(20)17/h2-6H,7H2,1H3,(H2,17,19). The number of ether oxygens (including phenoxy) is 1. The van der Waals surface area contributed by atoms with E-state index in [0.29, 0.717) is 33.0 Å². The van der Waals surface area contributed by atoms with Gasteiger partial charge in [0.15, 0.2) is 0 Å². The largest absolute Gasteiger partial charge is 0.481 e. The molecule has 0 aliphatic carbocycles. The van der Waals surface area contributed by atoms with E-state index < -0.39 is 0 Å². The van der Waals surface area contributed by atoms with Crippen LogP contribution in [0.5, 0.6) is 5.88 Å². The lowest BCUT2D eigenvalue weighted by Gasteiger charge is -2.08. The van der Waals surface area contributed by atoms with Crippen molar-refractivity contribution in [3.63, 3.8) is 0 Å². The van der Waals surface area contributed by atoms with Gasteiger partial charge in [-0.1, -0.05) is 0 Å². The highest BCUT2D eigenvalue weighted by atomic mass is 127. The lowest BCUT2D eigenvalue weighted by Crippen LogP contribution is -2.05. The van der Waals surface area contributed by atoms with Gasteiger partial charge in [-0.3, -0.25) is 0 Å². The first-order chi connectivity index (χ1) is 10.1. The van der Waals surface area contributed by atoms with Gasteiger partial charge in [-0.25, -0.2) is 14.4 Å². The lowest BCUT2D eigenvalue weighted by molar-refractivity contribution is 0.397. The van der Waals surface area contributed by atoms with Gasteiger partial charge in [0, 0.05) is 18.3 Å². The molecule has 0 saturated heterocycles. The molecule has 2 aromatic heterocycles. The Labute approximate surface area is 134 Å². The van der Waals surface area contributed by atoms with Crippen molar-refractivity contribution >= 4 is 39.6 Å². The Hall–Kier alpha value is -1.90. The van der Waals surface area contributed by atoms with E-state index in [4.69, 9.17) is 10.5 Å². The number of aromatic nitrogens is 3. The van der Waals surface area contributed by atoms with Crippen LogP contribution >= 0.6 is 22.6 Å². The lowest BCUT2D eigenvalue weighted by atomic mass is 10.2. The van der Waals surface area contributed by atoms with Gasteiger partial charge >= 0.3 is 0 Å². The van der Waals surface area contributed by atoms with Gasteiger partial charge in [-0.15, -0.1) is 0 Å². The predicted molar refractivity (Wildman–Crippen MR) is 86.7 cm³/mol. The van der Waals surface area contributed by atoms with E-state index in [1.54, 1.807) is 23.9 Å². The summed E-state index contributed by atoms with van der Waals surface area (Å²) in [4.78, 5) is 8.33. The molecule has 0 aliphatic rings. The summed E-state index contributed by atoms with van der Waals surface area (Å²) >= 11 is 1.94. The maximum Gasteiger partial charge on any atom is 0.213 e. The van der Waals surface area contributed by atoms with Crippen molar-refractivity contribution in [2.45, 2.75) is 6.54 Å². The van der Waals surface area contributed by atoms with Crippen molar-refractivity contribution in [3.05, 3.63) is 45.4 Å². The Morgan fingerprint density at radius 3 is 2.95 bits per heavy atom. The zero-order valence-electron chi connectivity index (χ0n) is 11.2. The fourth-order valence-electron chi connectivity index (χ4n) is 2.15. The number of pyridine rings is 1. The Balaban J connectivity index is 2.07. The molecule has 0 amide bonds. The molecule has 5 nitrogen and oxygen atoms in total. The van der Waals surface area contributed by atoms with Crippen molar-refractivity contribution in [2.24, 2.45) is 0 Å². The Bertz CT molecular complexity index is 818. The van der Waals surface area contributed by atoms with Crippen LogP contribution < -0.4 is 10.5 Å². The minimum Gasteiger partial charge on any atom is -0.481 e. The number of nitrogens with zero attached hydrogens (tertiary/aromatic N) is 3. The molecule has 0 aliphatic heterocycles. The van der Waals surface area contributed by atoms with Gasteiger partial charge in [0.2, 0.25) is 11.8 Å². The minimum absolute atomic E-state index is 0.281. The molecular weight excluding hydrogens is 386 g/mol. The number of nitrogens with two attached hydrogens (primary N) is 1. The summed E-state index contributed by atoms with van der Waals surface area (Å²) in [6, 6.07) is 6.81. The van der Waals surface area contributed by atoms with Crippen LogP contribution in [-0.2, 0) is 6.54 Å². The number of nitrogen functional groups attached to an aromatic ring is 1. The first kappa shape index (κ1) is 14.1. The fraction of sp³-hybridized carbons (Fsp3) is 0.143. The zero-order chi connectivity index (χ0) is 15.0. The molecule has 3 rings (SSSR count). The number of benzene rings is 1. The third kappa shape index (κ3) is 2.65. The van der Waals surface area contributed by atoms with E-state index in [2.05, 4.69) is 9.97 Å². The van der Waals surface area contributed by atoms with Crippen LogP contribution in [0.2, 0.25) is 0 Å². The fourth-order valence-corrected chi connectivity index (χ4v) is 2.60. The average molecular weight is 398 g/mol. The van der Waals surface area contributed by atoms with E-state index >= 15 is 0 Å². The zero-order valence-corrected chi connectivity index (χ0v) is 13.3. The van der Waals surface area contributed by atoms with Crippen molar-refractivity contribution in [2.75, 3.05) is 12.8 Å². The first-order valence-electron chi connectivity index (χ1n) is 6.18. The van der Waals surface area contributed by atoms with Crippen LogP contribution in [0.15, 0.2) is 30.5 Å². The number of anilines is 1. The van der Waals surface area contributed by atoms with E-state index in [1.165, 1.54) is 6.07 Å². The summed E-state index contributed by atoms with van der Waals surface area (Å²) in [5, 5.41) is 0. The summed E-state index contributed by atoms with van der Waals surface area (Å²) in [5.74, 6) is 0.593. The second-order valence-electron chi connectivity index (χ2n) is 4.52. The Morgan fingerprint density at radius 1 is 1.38 bits per heavy atom. The van der Waals surface area contributed by atoms with Gasteiger partial charge < -0.3 is 15.0 Å². The molecule has 0 unspecified atom stereocenters. The van der Waals surface area contributed by atoms with Crippen molar-refractivity contribution in [1.82, 2.24) is 14.5 Å². The van der Waals surface area contributed by atoms with E-state index in [9.17, 15) is 4.39 Å². The quantitative estimate of drug-likeness (QED) is 0.690. The second-order valence-corrected chi connectivity index (χ2v) is 5.68. The normalized spacial score (nSPS) is 11.0. The molecule has 2 heterocycles. The smallest absolute Gasteiger partial charge is 0.213 e. The molecule has 0 spiro atoms. The highest BCUT2D eigenvalue weighted by Crippen LogP contribution is 2.24. The van der Waals surface area contributed by atoms with Gasteiger partial charge in [-0.2, -0.15) is 0 Å². The molecule has 108 valence electrons. The van der Waals surface area contributed by atoms with E-state index in [-0.39, 0.29) is 5.82 Å². The molecule has 0 fully saturated rings. The van der Waals surface area contributed by atoms with Gasteiger partial charge in [-0.05, 0) is 40.3 Å². The van der Waals surface area contributed by atoms with Gasteiger partial charge in [0.05, 0.1) is 28.3 Å². The summed E-state index contributed by atoms with van der Waals surface area (Å²) < 4.78 is 21.2. The average Bonchev–Trinajstić information content (AvgIpc) is 2.76. The number of hydrogen-bond acceptors (Lipinski definition) is 4. The molecule has 21 heavy (non-hydrogen) atoms. The second kappa shape index (κ2) is 5.47. The van der Waals surface area contributed by atoms with Crippen LogP contribution in [0.1, 0.15) is 5.56 Å². The predicted octanol–water partition coefficient (Wildman–Crippen LogP) is 2.81. The molecule has 0 bridgehead atoms. The van der Waals surface area contributed by atoms with Crippen LogP contribution in [0.25, 0.3) is 11.0 Å². The molecule has 1 aromatic carbocycles. The number of rotatable bonds is 3. The number of halogens is 2. The maximum absolute atomic E-state index is 13.8. The molecule has 0 radical (unpaired) electrons. The van der Waals surface area contributed by atoms with Gasteiger partial charge in [0.1, 0.15) is 5.82 Å². The molecular formula is C14H12FIN4O. The molecule has 2 N–H and O–H groups in total. The minimum atomic E-state index is -0.281. The van der Waals surface area contributed by atoms with Crippen molar-refractivity contribution in [1.29, 1.82) is 0 Å². The van der Waals surface area contributed by atoms with Crippen LogP contribution in [0.4, 0.5) is 10.3 Å². The SMILES string of the molecule is COc1cc(Cn2c(N)nc3cc(I)c(F)cc32)ccn1.